The van der Waals surface area contributed by atoms with E-state index in [-0.39, 0.29) is 11.8 Å². The van der Waals surface area contributed by atoms with Gasteiger partial charge < -0.3 is 14.5 Å². The summed E-state index contributed by atoms with van der Waals surface area (Å²) in [5.74, 6) is 0.476. The lowest BCUT2D eigenvalue weighted by molar-refractivity contribution is 0.0599. The molecule has 0 radical (unpaired) electrons. The number of ether oxygens (including phenoxy) is 2. The molecule has 7 heteroatoms. The van der Waals surface area contributed by atoms with Gasteiger partial charge in [-0.2, -0.15) is 0 Å². The van der Waals surface area contributed by atoms with Crippen LogP contribution in [0.2, 0.25) is 0 Å². The molecule has 1 fully saturated rings. The van der Waals surface area contributed by atoms with E-state index in [2.05, 4.69) is 14.8 Å². The van der Waals surface area contributed by atoms with Crippen molar-refractivity contribution in [2.75, 3.05) is 46.4 Å². The molecule has 0 aliphatic carbocycles. The van der Waals surface area contributed by atoms with Crippen molar-refractivity contribution < 1.29 is 19.1 Å². The molecule has 1 saturated heterocycles. The topological polar surface area (TPSA) is 74.9 Å². The number of hydrogen-bond donors (Lipinski definition) is 1. The zero-order chi connectivity index (χ0) is 21.7. The zero-order valence-corrected chi connectivity index (χ0v) is 18.2. The first-order chi connectivity index (χ1) is 14.4. The van der Waals surface area contributed by atoms with E-state index in [1.807, 2.05) is 37.3 Å². The first-order valence-corrected chi connectivity index (χ1v) is 10.4. The molecule has 0 amide bonds. The monoisotopic (exact) mass is 413 g/mol. The van der Waals surface area contributed by atoms with Crippen molar-refractivity contribution in [2.45, 2.75) is 26.8 Å². The Bertz CT molecular complexity index is 870. The maximum absolute atomic E-state index is 13.1. The third-order valence-electron chi connectivity index (χ3n) is 5.83. The van der Waals surface area contributed by atoms with Crippen LogP contribution in [0.3, 0.4) is 0 Å². The third-order valence-corrected chi connectivity index (χ3v) is 5.83. The largest absolute Gasteiger partial charge is 0.492 e. The molecule has 1 aromatic heterocycles. The van der Waals surface area contributed by atoms with Crippen molar-refractivity contribution in [3.8, 4) is 5.75 Å². The smallest absolute Gasteiger partial charge is 0.339 e. The van der Waals surface area contributed by atoms with Crippen molar-refractivity contribution in [1.29, 1.82) is 0 Å². The highest BCUT2D eigenvalue weighted by molar-refractivity contribution is 6.03. The molecular formula is C23H31N3O4. The number of rotatable bonds is 8. The second kappa shape index (κ2) is 9.91. The predicted molar refractivity (Wildman–Crippen MR) is 115 cm³/mol. The summed E-state index contributed by atoms with van der Waals surface area (Å²) in [6.07, 6.45) is 0. The Morgan fingerprint density at radius 1 is 1.10 bits per heavy atom. The first-order valence-electron chi connectivity index (χ1n) is 10.4. The number of hydrogen-bond acceptors (Lipinski definition) is 6. The van der Waals surface area contributed by atoms with E-state index in [9.17, 15) is 9.59 Å². The SMILES string of the molecule is COC(=O)c1c(C)[nH]c(C(=O)C(C)N2CCN(CCOc3ccccc3)CC2)c1C. The van der Waals surface area contributed by atoms with Gasteiger partial charge in [0.1, 0.15) is 12.4 Å². The van der Waals surface area contributed by atoms with Gasteiger partial charge in [-0.3, -0.25) is 14.6 Å². The number of ketones is 1. The maximum atomic E-state index is 13.1. The normalized spacial score (nSPS) is 16.3. The van der Waals surface area contributed by atoms with Crippen LogP contribution >= 0.6 is 0 Å². The number of para-hydroxylation sites is 1. The minimum absolute atomic E-state index is 0.00612. The molecular weight excluding hydrogens is 382 g/mol. The van der Waals surface area contributed by atoms with E-state index in [1.54, 1.807) is 13.8 Å². The van der Waals surface area contributed by atoms with Crippen molar-refractivity contribution >= 4 is 11.8 Å². The summed E-state index contributed by atoms with van der Waals surface area (Å²) in [4.78, 5) is 32.7. The van der Waals surface area contributed by atoms with Gasteiger partial charge in [-0.05, 0) is 38.5 Å². The Hall–Kier alpha value is -2.64. The third kappa shape index (κ3) is 4.91. The summed E-state index contributed by atoms with van der Waals surface area (Å²) in [6.45, 7) is 10.5. The fourth-order valence-electron chi connectivity index (χ4n) is 3.96. The number of methoxy groups -OCH3 is 1. The number of H-pyrrole nitrogens is 1. The highest BCUT2D eigenvalue weighted by Crippen LogP contribution is 2.22. The van der Waals surface area contributed by atoms with Crippen LogP contribution in [-0.2, 0) is 4.74 Å². The van der Waals surface area contributed by atoms with Gasteiger partial charge in [-0.1, -0.05) is 18.2 Å². The molecule has 2 heterocycles. The molecule has 1 aromatic carbocycles. The highest BCUT2D eigenvalue weighted by atomic mass is 16.5. The average molecular weight is 414 g/mol. The van der Waals surface area contributed by atoms with Crippen molar-refractivity contribution in [3.05, 3.63) is 52.8 Å². The van der Waals surface area contributed by atoms with Gasteiger partial charge in [-0.25, -0.2) is 4.79 Å². The Morgan fingerprint density at radius 2 is 1.77 bits per heavy atom. The summed E-state index contributed by atoms with van der Waals surface area (Å²) in [7, 11) is 1.35. The molecule has 162 valence electrons. The van der Waals surface area contributed by atoms with E-state index in [4.69, 9.17) is 9.47 Å². The Balaban J connectivity index is 1.52. The van der Waals surface area contributed by atoms with Gasteiger partial charge in [0.15, 0.2) is 5.78 Å². The highest BCUT2D eigenvalue weighted by Gasteiger charge is 2.30. The van der Waals surface area contributed by atoms with Gasteiger partial charge in [0.2, 0.25) is 0 Å². The lowest BCUT2D eigenvalue weighted by atomic mass is 10.0. The van der Waals surface area contributed by atoms with Crippen LogP contribution in [0, 0.1) is 13.8 Å². The zero-order valence-electron chi connectivity index (χ0n) is 18.2. The Labute approximate surface area is 178 Å². The quantitative estimate of drug-likeness (QED) is 0.530. The molecule has 1 atom stereocenters. The number of aryl methyl sites for hydroxylation is 1. The molecule has 1 unspecified atom stereocenters. The van der Waals surface area contributed by atoms with Crippen LogP contribution in [0.5, 0.6) is 5.75 Å². The number of esters is 1. The number of nitrogens with zero attached hydrogens (tertiary/aromatic N) is 2. The van der Waals surface area contributed by atoms with Crippen molar-refractivity contribution in [3.63, 3.8) is 0 Å². The Kier molecular flexibility index (Phi) is 7.29. The van der Waals surface area contributed by atoms with Gasteiger partial charge in [-0.15, -0.1) is 0 Å². The number of nitrogens with one attached hydrogen (secondary N) is 1. The van der Waals surface area contributed by atoms with Crippen molar-refractivity contribution in [1.82, 2.24) is 14.8 Å². The Morgan fingerprint density at radius 3 is 2.40 bits per heavy atom. The molecule has 30 heavy (non-hydrogen) atoms. The molecule has 0 spiro atoms. The number of piperazine rings is 1. The van der Waals surface area contributed by atoms with Crippen LogP contribution in [0.15, 0.2) is 30.3 Å². The molecule has 0 saturated carbocycles. The van der Waals surface area contributed by atoms with Gasteiger partial charge >= 0.3 is 5.97 Å². The molecule has 7 nitrogen and oxygen atoms in total. The molecule has 1 aliphatic rings. The number of aromatic nitrogens is 1. The minimum atomic E-state index is -0.417. The summed E-state index contributed by atoms with van der Waals surface area (Å²) in [5.41, 5.74) is 2.28. The van der Waals surface area contributed by atoms with E-state index < -0.39 is 5.97 Å². The second-order valence-corrected chi connectivity index (χ2v) is 7.70. The first kappa shape index (κ1) is 22.1. The van der Waals surface area contributed by atoms with E-state index in [0.717, 1.165) is 38.5 Å². The van der Waals surface area contributed by atoms with Crippen LogP contribution in [0.1, 0.15) is 39.0 Å². The number of Topliss-reactive ketones (excluding diaryl/α,β-unsaturated/α-hetero) is 1. The molecule has 1 N–H and O–H groups in total. The van der Waals surface area contributed by atoms with Crippen molar-refractivity contribution in [2.24, 2.45) is 0 Å². The van der Waals surface area contributed by atoms with Gasteiger partial charge in [0, 0.05) is 38.4 Å². The summed E-state index contributed by atoms with van der Waals surface area (Å²) < 4.78 is 10.6. The fourth-order valence-corrected chi connectivity index (χ4v) is 3.96. The van der Waals surface area contributed by atoms with E-state index >= 15 is 0 Å². The standard InChI is InChI=1S/C23H31N3O4/c1-16-20(23(28)29-4)17(2)24-21(16)22(27)18(3)26-12-10-25(11-13-26)14-15-30-19-8-6-5-7-9-19/h5-9,18,24H,10-15H2,1-4H3. The number of carbonyl (C=O) groups is 2. The molecule has 2 aromatic rings. The summed E-state index contributed by atoms with van der Waals surface area (Å²) in [5, 5.41) is 0. The predicted octanol–water partition coefficient (Wildman–Crippen LogP) is 2.69. The molecule has 0 bridgehead atoms. The van der Waals surface area contributed by atoms with Crippen LogP contribution in [0.25, 0.3) is 0 Å². The number of aromatic amines is 1. The van der Waals surface area contributed by atoms with E-state index in [1.165, 1.54) is 7.11 Å². The summed E-state index contributed by atoms with van der Waals surface area (Å²) in [6, 6.07) is 9.57. The second-order valence-electron chi connectivity index (χ2n) is 7.70. The molecule has 1 aliphatic heterocycles. The molecule has 3 rings (SSSR count). The van der Waals surface area contributed by atoms with Crippen LogP contribution in [0.4, 0.5) is 0 Å². The number of carbonyl (C=O) groups excluding carboxylic acids is 2. The summed E-state index contributed by atoms with van der Waals surface area (Å²) >= 11 is 0. The van der Waals surface area contributed by atoms with Gasteiger partial charge in [0.05, 0.1) is 24.4 Å². The van der Waals surface area contributed by atoms with Crippen LogP contribution in [-0.4, -0.2) is 79.0 Å². The lowest BCUT2D eigenvalue weighted by Crippen LogP contribution is -2.52. The van der Waals surface area contributed by atoms with Gasteiger partial charge in [0.25, 0.3) is 0 Å². The fraction of sp³-hybridized carbons (Fsp3) is 0.478. The maximum Gasteiger partial charge on any atom is 0.339 e. The lowest BCUT2D eigenvalue weighted by Gasteiger charge is -2.37. The minimum Gasteiger partial charge on any atom is -0.492 e. The number of benzene rings is 1. The van der Waals surface area contributed by atoms with Crippen LogP contribution < -0.4 is 4.74 Å². The van der Waals surface area contributed by atoms with E-state index in [0.29, 0.717) is 29.1 Å². The average Bonchev–Trinajstić information content (AvgIpc) is 3.07.